The number of rotatable bonds is 9. The lowest BCUT2D eigenvalue weighted by atomic mass is 10.3. The Hall–Kier alpha value is -2.61. The van der Waals surface area contributed by atoms with Gasteiger partial charge in [-0.05, 0) is 42.8 Å². The molecule has 0 saturated carbocycles. The average molecular weight is 360 g/mol. The zero-order valence-electron chi connectivity index (χ0n) is 13.9. The molecule has 0 unspecified atom stereocenters. The van der Waals surface area contributed by atoms with E-state index >= 15 is 0 Å². The average Bonchev–Trinajstić information content (AvgIpc) is 3.28. The van der Waals surface area contributed by atoms with Gasteiger partial charge in [0, 0.05) is 5.75 Å². The number of furan rings is 1. The van der Waals surface area contributed by atoms with Crippen LogP contribution < -0.4 is 15.3 Å². The number of hydrogen-bond donors (Lipinski definition) is 1. The van der Waals surface area contributed by atoms with Crippen LogP contribution in [-0.2, 0) is 0 Å². The van der Waals surface area contributed by atoms with Gasteiger partial charge in [0.1, 0.15) is 11.5 Å². The Morgan fingerprint density at radius 1 is 1.08 bits per heavy atom. The van der Waals surface area contributed by atoms with Gasteiger partial charge < -0.3 is 19.7 Å². The Bertz CT molecular complexity index is 772. The van der Waals surface area contributed by atoms with E-state index in [2.05, 4.69) is 17.1 Å². The van der Waals surface area contributed by atoms with Crippen molar-refractivity contribution in [1.82, 2.24) is 14.9 Å². The predicted octanol–water partition coefficient (Wildman–Crippen LogP) is 3.21. The Labute approximate surface area is 150 Å². The summed E-state index contributed by atoms with van der Waals surface area (Å²) in [4.78, 5) is 0. The summed E-state index contributed by atoms with van der Waals surface area (Å²) < 4.78 is 18.0. The van der Waals surface area contributed by atoms with Crippen molar-refractivity contribution in [2.45, 2.75) is 18.5 Å². The van der Waals surface area contributed by atoms with Crippen molar-refractivity contribution in [2.75, 3.05) is 24.8 Å². The normalized spacial score (nSPS) is 10.8. The molecule has 0 spiro atoms. The van der Waals surface area contributed by atoms with E-state index in [4.69, 9.17) is 19.7 Å². The van der Waals surface area contributed by atoms with Crippen LogP contribution in [0.2, 0.25) is 0 Å². The van der Waals surface area contributed by atoms with Crippen molar-refractivity contribution in [2.24, 2.45) is 0 Å². The fourth-order valence-electron chi connectivity index (χ4n) is 2.09. The van der Waals surface area contributed by atoms with E-state index < -0.39 is 0 Å². The maximum atomic E-state index is 6.00. The van der Waals surface area contributed by atoms with Crippen LogP contribution in [0, 0.1) is 0 Å². The lowest BCUT2D eigenvalue weighted by Crippen LogP contribution is -2.12. The van der Waals surface area contributed by atoms with Crippen molar-refractivity contribution in [3.8, 4) is 23.1 Å². The molecule has 0 radical (unpaired) electrons. The molecular weight excluding hydrogens is 340 g/mol. The van der Waals surface area contributed by atoms with Gasteiger partial charge in [-0.15, -0.1) is 10.2 Å². The standard InChI is InChI=1S/C17H20N4O3S/c1-2-9-22-13-5-7-14(8-6-13)23-11-12-25-17-20-19-16(21(17)18)15-4-3-10-24-15/h3-8,10H,2,9,11-12,18H2,1H3. The van der Waals surface area contributed by atoms with Gasteiger partial charge in [-0.1, -0.05) is 18.7 Å². The van der Waals surface area contributed by atoms with Crippen molar-refractivity contribution in [3.05, 3.63) is 42.7 Å². The number of thioether (sulfide) groups is 1. The molecular formula is C17H20N4O3S. The number of nitrogens with two attached hydrogens (primary N) is 1. The van der Waals surface area contributed by atoms with E-state index in [9.17, 15) is 0 Å². The van der Waals surface area contributed by atoms with Gasteiger partial charge in [0.2, 0.25) is 11.0 Å². The van der Waals surface area contributed by atoms with Gasteiger partial charge >= 0.3 is 0 Å². The van der Waals surface area contributed by atoms with E-state index in [1.807, 2.05) is 24.3 Å². The summed E-state index contributed by atoms with van der Waals surface area (Å²) in [5, 5.41) is 8.73. The molecule has 0 amide bonds. The first-order chi connectivity index (χ1) is 12.3. The Morgan fingerprint density at radius 3 is 2.44 bits per heavy atom. The third kappa shape index (κ3) is 4.48. The molecule has 3 aromatic rings. The number of hydrogen-bond acceptors (Lipinski definition) is 7. The summed E-state index contributed by atoms with van der Waals surface area (Å²) in [6, 6.07) is 11.2. The molecule has 7 nitrogen and oxygen atoms in total. The number of nitrogen functional groups attached to an aromatic ring is 1. The molecule has 2 aromatic heterocycles. The van der Waals surface area contributed by atoms with Crippen molar-refractivity contribution in [3.63, 3.8) is 0 Å². The smallest absolute Gasteiger partial charge is 0.218 e. The number of aromatic nitrogens is 3. The van der Waals surface area contributed by atoms with Gasteiger partial charge in [0.15, 0.2) is 5.76 Å². The van der Waals surface area contributed by atoms with Crippen LogP contribution in [0.25, 0.3) is 11.6 Å². The first-order valence-electron chi connectivity index (χ1n) is 8.00. The molecule has 0 atom stereocenters. The summed E-state index contributed by atoms with van der Waals surface area (Å²) in [5.74, 6) is 9.43. The lowest BCUT2D eigenvalue weighted by molar-refractivity contribution is 0.314. The molecule has 3 rings (SSSR count). The fourth-order valence-corrected chi connectivity index (χ4v) is 2.77. The van der Waals surface area contributed by atoms with E-state index in [-0.39, 0.29) is 0 Å². The predicted molar refractivity (Wildman–Crippen MR) is 96.3 cm³/mol. The SMILES string of the molecule is CCCOc1ccc(OCCSc2nnc(-c3ccco3)n2N)cc1. The molecule has 132 valence electrons. The van der Waals surface area contributed by atoms with E-state index in [1.54, 1.807) is 18.4 Å². The largest absolute Gasteiger partial charge is 0.494 e. The van der Waals surface area contributed by atoms with Crippen molar-refractivity contribution >= 4 is 11.8 Å². The van der Waals surface area contributed by atoms with Gasteiger partial charge in [0.25, 0.3) is 0 Å². The van der Waals surface area contributed by atoms with Crippen molar-refractivity contribution < 1.29 is 13.9 Å². The van der Waals surface area contributed by atoms with Crippen LogP contribution in [0.3, 0.4) is 0 Å². The minimum absolute atomic E-state index is 0.496. The van der Waals surface area contributed by atoms with Gasteiger partial charge in [-0.2, -0.15) is 0 Å². The first kappa shape index (κ1) is 17.2. The third-order valence-electron chi connectivity index (χ3n) is 3.29. The second-order valence-corrected chi connectivity index (χ2v) is 6.23. The molecule has 25 heavy (non-hydrogen) atoms. The van der Waals surface area contributed by atoms with E-state index in [1.165, 1.54) is 16.4 Å². The van der Waals surface area contributed by atoms with Gasteiger partial charge in [0.05, 0.1) is 19.5 Å². The second-order valence-electron chi connectivity index (χ2n) is 5.17. The van der Waals surface area contributed by atoms with Crippen LogP contribution in [0.15, 0.2) is 52.2 Å². The first-order valence-corrected chi connectivity index (χ1v) is 8.99. The highest BCUT2D eigenvalue weighted by molar-refractivity contribution is 7.99. The highest BCUT2D eigenvalue weighted by Gasteiger charge is 2.13. The zero-order chi connectivity index (χ0) is 17.5. The highest BCUT2D eigenvalue weighted by Crippen LogP contribution is 2.22. The number of benzene rings is 1. The fraction of sp³-hybridized carbons (Fsp3) is 0.294. The molecule has 8 heteroatoms. The summed E-state index contributed by atoms with van der Waals surface area (Å²) in [5.41, 5.74) is 0. The van der Waals surface area contributed by atoms with Crippen LogP contribution in [-0.4, -0.2) is 33.8 Å². The molecule has 0 aliphatic rings. The topological polar surface area (TPSA) is 88.3 Å². The van der Waals surface area contributed by atoms with Crippen LogP contribution in [0.1, 0.15) is 13.3 Å². The molecule has 0 saturated heterocycles. The minimum Gasteiger partial charge on any atom is -0.494 e. The lowest BCUT2D eigenvalue weighted by Gasteiger charge is -2.08. The Morgan fingerprint density at radius 2 is 1.80 bits per heavy atom. The monoisotopic (exact) mass is 360 g/mol. The summed E-state index contributed by atoms with van der Waals surface area (Å²) in [7, 11) is 0. The molecule has 2 N–H and O–H groups in total. The summed E-state index contributed by atoms with van der Waals surface area (Å²) in [6.07, 6.45) is 2.56. The third-order valence-corrected chi connectivity index (χ3v) is 4.19. The number of ether oxygens (including phenoxy) is 2. The molecule has 1 aromatic carbocycles. The molecule has 2 heterocycles. The maximum absolute atomic E-state index is 6.00. The van der Waals surface area contributed by atoms with E-state index in [0.717, 1.165) is 24.5 Å². The quantitative estimate of drug-likeness (QED) is 0.356. The highest BCUT2D eigenvalue weighted by atomic mass is 32.2. The van der Waals surface area contributed by atoms with E-state index in [0.29, 0.717) is 29.1 Å². The second kappa shape index (κ2) is 8.48. The van der Waals surface area contributed by atoms with Crippen LogP contribution in [0.5, 0.6) is 11.5 Å². The summed E-state index contributed by atoms with van der Waals surface area (Å²) in [6.45, 7) is 3.33. The molecule has 0 bridgehead atoms. The molecule has 0 aliphatic carbocycles. The van der Waals surface area contributed by atoms with Gasteiger partial charge in [-0.3, -0.25) is 0 Å². The van der Waals surface area contributed by atoms with Crippen molar-refractivity contribution in [1.29, 1.82) is 0 Å². The summed E-state index contributed by atoms with van der Waals surface area (Å²) >= 11 is 1.47. The molecule has 0 fully saturated rings. The zero-order valence-corrected chi connectivity index (χ0v) is 14.7. The number of nitrogens with zero attached hydrogens (tertiary/aromatic N) is 3. The van der Waals surface area contributed by atoms with Crippen LogP contribution >= 0.6 is 11.8 Å². The maximum Gasteiger partial charge on any atom is 0.218 e. The van der Waals surface area contributed by atoms with Crippen LogP contribution in [0.4, 0.5) is 0 Å². The minimum atomic E-state index is 0.496. The Balaban J connectivity index is 1.46. The van der Waals surface area contributed by atoms with Gasteiger partial charge in [-0.25, -0.2) is 4.68 Å². The Kier molecular flexibility index (Phi) is 5.84. The molecule has 0 aliphatic heterocycles.